The van der Waals surface area contributed by atoms with Gasteiger partial charge in [0, 0.05) is 23.2 Å². The first-order valence-corrected chi connectivity index (χ1v) is 6.28. The van der Waals surface area contributed by atoms with Crippen LogP contribution >= 0.6 is 0 Å². The average molecular weight is 231 g/mol. The second kappa shape index (κ2) is 3.61. The normalized spacial score (nSPS) is 16.9. The summed E-state index contributed by atoms with van der Waals surface area (Å²) in [6.07, 6.45) is 16.6. The first-order valence-electron chi connectivity index (χ1n) is 6.28. The van der Waals surface area contributed by atoms with Gasteiger partial charge in [-0.05, 0) is 23.6 Å². The maximum Gasteiger partial charge on any atom is 0.0529 e. The Morgan fingerprint density at radius 2 is 1.89 bits per heavy atom. The largest absolute Gasteiger partial charge is 0.322 e. The van der Waals surface area contributed by atoms with Gasteiger partial charge in [0.2, 0.25) is 0 Å². The molecule has 18 heavy (non-hydrogen) atoms. The van der Waals surface area contributed by atoms with Crippen LogP contribution in [-0.4, -0.2) is 4.57 Å². The van der Waals surface area contributed by atoms with Crippen molar-refractivity contribution >= 4 is 23.0 Å². The van der Waals surface area contributed by atoms with Crippen molar-refractivity contribution in [2.75, 3.05) is 0 Å². The van der Waals surface area contributed by atoms with Gasteiger partial charge in [-0.25, -0.2) is 0 Å². The van der Waals surface area contributed by atoms with Gasteiger partial charge in [0.05, 0.1) is 5.69 Å². The number of hydrogen-bond acceptors (Lipinski definition) is 0. The lowest BCUT2D eigenvalue weighted by Gasteiger charge is -2.06. The predicted octanol–water partition coefficient (Wildman–Crippen LogP) is 4.40. The predicted molar refractivity (Wildman–Crippen MR) is 77.1 cm³/mol. The van der Waals surface area contributed by atoms with Crippen LogP contribution in [0.2, 0.25) is 0 Å². The summed E-state index contributed by atoms with van der Waals surface area (Å²) in [6.45, 7) is 0. The Labute approximate surface area is 106 Å². The zero-order chi connectivity index (χ0) is 11.9. The third-order valence-electron chi connectivity index (χ3n) is 3.60. The van der Waals surface area contributed by atoms with Crippen molar-refractivity contribution in [3.05, 3.63) is 71.6 Å². The van der Waals surface area contributed by atoms with Crippen molar-refractivity contribution in [1.82, 2.24) is 4.57 Å². The van der Waals surface area contributed by atoms with Crippen LogP contribution in [0.4, 0.5) is 0 Å². The second-order valence-corrected chi connectivity index (χ2v) is 4.72. The molecule has 0 spiro atoms. The fourth-order valence-electron chi connectivity index (χ4n) is 2.69. The molecule has 2 heterocycles. The SMILES string of the molecule is C1=CC2=Cn3cc4ccccc4c3C=CC2=CC1. The van der Waals surface area contributed by atoms with E-state index in [1.165, 1.54) is 27.6 Å². The van der Waals surface area contributed by atoms with Gasteiger partial charge in [0.1, 0.15) is 0 Å². The topological polar surface area (TPSA) is 4.93 Å². The van der Waals surface area contributed by atoms with Crippen molar-refractivity contribution in [3.63, 3.8) is 0 Å². The average Bonchev–Trinajstić information content (AvgIpc) is 2.65. The van der Waals surface area contributed by atoms with E-state index >= 15 is 0 Å². The van der Waals surface area contributed by atoms with Crippen molar-refractivity contribution in [2.24, 2.45) is 0 Å². The van der Waals surface area contributed by atoms with Gasteiger partial charge in [-0.15, -0.1) is 0 Å². The molecule has 0 radical (unpaired) electrons. The molecule has 1 aliphatic heterocycles. The summed E-state index contributed by atoms with van der Waals surface area (Å²) in [6, 6.07) is 8.53. The maximum absolute atomic E-state index is 2.27. The Hall–Kier alpha value is -2.28. The summed E-state index contributed by atoms with van der Waals surface area (Å²) >= 11 is 0. The molecule has 0 bridgehead atoms. The molecule has 2 aliphatic rings. The summed E-state index contributed by atoms with van der Waals surface area (Å²) < 4.78 is 2.23. The lowest BCUT2D eigenvalue weighted by atomic mass is 10.0. The Balaban J connectivity index is 2.03. The van der Waals surface area contributed by atoms with Crippen LogP contribution in [0.3, 0.4) is 0 Å². The van der Waals surface area contributed by atoms with E-state index in [0.717, 1.165) is 6.42 Å². The first-order chi connectivity index (χ1) is 8.92. The Kier molecular flexibility index (Phi) is 1.95. The van der Waals surface area contributed by atoms with E-state index in [2.05, 4.69) is 71.6 Å². The number of benzene rings is 1. The van der Waals surface area contributed by atoms with E-state index in [4.69, 9.17) is 0 Å². The minimum atomic E-state index is 1.03. The minimum absolute atomic E-state index is 1.03. The minimum Gasteiger partial charge on any atom is -0.322 e. The van der Waals surface area contributed by atoms with Gasteiger partial charge in [-0.2, -0.15) is 0 Å². The lowest BCUT2D eigenvalue weighted by Crippen LogP contribution is -1.90. The highest BCUT2D eigenvalue weighted by atomic mass is 14.9. The van der Waals surface area contributed by atoms with Crippen LogP contribution in [0.15, 0.2) is 65.9 Å². The van der Waals surface area contributed by atoms with Crippen molar-refractivity contribution < 1.29 is 0 Å². The van der Waals surface area contributed by atoms with Crippen LogP contribution < -0.4 is 0 Å². The first kappa shape index (κ1) is 9.72. The van der Waals surface area contributed by atoms with Gasteiger partial charge < -0.3 is 4.57 Å². The number of fused-ring (bicyclic) bond motifs is 4. The van der Waals surface area contributed by atoms with E-state index in [1.807, 2.05) is 0 Å². The Morgan fingerprint density at radius 1 is 0.944 bits per heavy atom. The molecular formula is C17H13N. The highest BCUT2D eigenvalue weighted by molar-refractivity contribution is 5.92. The third-order valence-corrected chi connectivity index (χ3v) is 3.60. The number of allylic oxidation sites excluding steroid dienone is 6. The molecular weight excluding hydrogens is 218 g/mol. The summed E-state index contributed by atoms with van der Waals surface area (Å²) in [5.41, 5.74) is 3.88. The molecule has 1 aromatic carbocycles. The highest BCUT2D eigenvalue weighted by Crippen LogP contribution is 2.29. The quantitative estimate of drug-likeness (QED) is 0.633. The fourth-order valence-corrected chi connectivity index (χ4v) is 2.69. The molecule has 0 saturated carbocycles. The molecule has 0 N–H and O–H groups in total. The molecule has 0 saturated heterocycles. The Morgan fingerprint density at radius 3 is 2.89 bits per heavy atom. The zero-order valence-corrected chi connectivity index (χ0v) is 10.0. The van der Waals surface area contributed by atoms with Crippen molar-refractivity contribution in [3.8, 4) is 0 Å². The van der Waals surface area contributed by atoms with E-state index in [-0.39, 0.29) is 0 Å². The molecule has 86 valence electrons. The van der Waals surface area contributed by atoms with Gasteiger partial charge in [0.15, 0.2) is 0 Å². The van der Waals surface area contributed by atoms with Crippen molar-refractivity contribution in [2.45, 2.75) is 6.42 Å². The van der Waals surface area contributed by atoms with Gasteiger partial charge in [-0.3, -0.25) is 0 Å². The number of aromatic nitrogens is 1. The summed E-state index contributed by atoms with van der Waals surface area (Å²) in [4.78, 5) is 0. The number of rotatable bonds is 0. The molecule has 0 unspecified atom stereocenters. The molecule has 0 fully saturated rings. The number of hydrogen-bond donors (Lipinski definition) is 0. The van der Waals surface area contributed by atoms with Crippen LogP contribution in [0.25, 0.3) is 23.0 Å². The van der Waals surface area contributed by atoms with Crippen LogP contribution in [0.1, 0.15) is 12.1 Å². The highest BCUT2D eigenvalue weighted by Gasteiger charge is 2.11. The lowest BCUT2D eigenvalue weighted by molar-refractivity contribution is 1.15. The second-order valence-electron chi connectivity index (χ2n) is 4.72. The maximum atomic E-state index is 2.27. The molecule has 1 aromatic heterocycles. The standard InChI is InChI=1S/C17H13N/c1-2-6-14-11-18-12-15-7-3-4-8-16(15)17(18)10-9-13(14)5-1/h2-12H,1H2. The fraction of sp³-hybridized carbons (Fsp3) is 0.0588. The van der Waals surface area contributed by atoms with Crippen LogP contribution in [-0.2, 0) is 0 Å². The third kappa shape index (κ3) is 1.34. The van der Waals surface area contributed by atoms with Gasteiger partial charge in [0.25, 0.3) is 0 Å². The van der Waals surface area contributed by atoms with E-state index < -0.39 is 0 Å². The smallest absolute Gasteiger partial charge is 0.0529 e. The van der Waals surface area contributed by atoms with E-state index in [1.54, 1.807) is 0 Å². The van der Waals surface area contributed by atoms with Gasteiger partial charge in [-0.1, -0.05) is 48.6 Å². The van der Waals surface area contributed by atoms with E-state index in [9.17, 15) is 0 Å². The molecule has 2 aromatic rings. The number of nitrogens with zero attached hydrogens (tertiary/aromatic N) is 1. The van der Waals surface area contributed by atoms with E-state index in [0.29, 0.717) is 0 Å². The molecule has 1 heteroatoms. The summed E-state index contributed by atoms with van der Waals surface area (Å²) in [5.74, 6) is 0. The zero-order valence-electron chi connectivity index (χ0n) is 10.0. The molecule has 0 atom stereocenters. The molecule has 4 rings (SSSR count). The summed E-state index contributed by atoms with van der Waals surface area (Å²) in [5, 5.41) is 2.61. The monoisotopic (exact) mass is 231 g/mol. The molecule has 1 aliphatic carbocycles. The molecule has 1 nitrogen and oxygen atoms in total. The van der Waals surface area contributed by atoms with Crippen molar-refractivity contribution in [1.29, 1.82) is 0 Å². The summed E-state index contributed by atoms with van der Waals surface area (Å²) in [7, 11) is 0. The van der Waals surface area contributed by atoms with Crippen LogP contribution in [0, 0.1) is 0 Å². The van der Waals surface area contributed by atoms with Crippen LogP contribution in [0.5, 0.6) is 0 Å². The molecule has 0 amide bonds. The van der Waals surface area contributed by atoms with Gasteiger partial charge >= 0.3 is 0 Å². The Bertz CT molecular complexity index is 751.